The first-order valence-electron chi connectivity index (χ1n) is 4.47. The second kappa shape index (κ2) is 5.82. The van der Waals surface area contributed by atoms with Crippen molar-refractivity contribution < 1.29 is 15.0 Å². The average molecular weight is 222 g/mol. The topological polar surface area (TPSA) is 119 Å². The normalized spacial score (nSPS) is 13.6. The van der Waals surface area contributed by atoms with Crippen LogP contribution in [-0.2, 0) is 0 Å². The van der Waals surface area contributed by atoms with Crippen LogP contribution in [0.1, 0.15) is 22.2 Å². The highest BCUT2D eigenvalue weighted by atomic mass is 16.3. The minimum atomic E-state index is -1.24. The van der Waals surface area contributed by atoms with Crippen LogP contribution in [0.25, 0.3) is 10.4 Å². The number of hydrogen-bond donors (Lipinski definition) is 2. The second-order valence-electron chi connectivity index (χ2n) is 3.06. The van der Waals surface area contributed by atoms with Crippen molar-refractivity contribution in [2.24, 2.45) is 5.11 Å². The number of aliphatic hydroxyl groups excluding tert-OH is 2. The Hall–Kier alpha value is -1.95. The van der Waals surface area contributed by atoms with E-state index in [9.17, 15) is 15.0 Å². The van der Waals surface area contributed by atoms with Crippen molar-refractivity contribution in [2.45, 2.75) is 12.2 Å². The molecule has 1 heterocycles. The molecule has 0 amide bonds. The number of nitrogens with zero attached hydrogens (tertiary/aromatic N) is 4. The minimum Gasteiger partial charge on any atom is -0.390 e. The first-order valence-corrected chi connectivity index (χ1v) is 4.47. The van der Waals surface area contributed by atoms with Gasteiger partial charge in [-0.15, -0.1) is 0 Å². The van der Waals surface area contributed by atoms with Gasteiger partial charge in [0.15, 0.2) is 6.29 Å². The molecule has 1 aromatic heterocycles. The summed E-state index contributed by atoms with van der Waals surface area (Å²) < 4.78 is 0. The largest absolute Gasteiger partial charge is 0.390 e. The molecule has 16 heavy (non-hydrogen) atoms. The van der Waals surface area contributed by atoms with Crippen LogP contribution in [0.2, 0.25) is 0 Å². The third-order valence-electron chi connectivity index (χ3n) is 1.94. The Labute approximate surface area is 91.0 Å². The molecule has 0 bridgehead atoms. The predicted octanol–water partition coefficient (Wildman–Crippen LogP) is 0.599. The van der Waals surface area contributed by atoms with Crippen molar-refractivity contribution in [1.82, 2.24) is 4.98 Å². The van der Waals surface area contributed by atoms with Gasteiger partial charge in [0.1, 0.15) is 6.10 Å². The van der Waals surface area contributed by atoms with Gasteiger partial charge >= 0.3 is 0 Å². The van der Waals surface area contributed by atoms with Crippen molar-refractivity contribution in [1.29, 1.82) is 0 Å². The smallest absolute Gasteiger partial charge is 0.151 e. The van der Waals surface area contributed by atoms with Crippen LogP contribution >= 0.6 is 0 Å². The first kappa shape index (κ1) is 12.1. The molecule has 0 saturated carbocycles. The molecule has 0 spiro atoms. The highest BCUT2D eigenvalue weighted by Gasteiger charge is 2.18. The molecular formula is C9H10N4O3. The van der Waals surface area contributed by atoms with Crippen LogP contribution < -0.4 is 0 Å². The van der Waals surface area contributed by atoms with Gasteiger partial charge in [0.25, 0.3) is 0 Å². The molecule has 0 fully saturated rings. The summed E-state index contributed by atoms with van der Waals surface area (Å²) in [7, 11) is 0. The predicted molar refractivity (Wildman–Crippen MR) is 54.6 cm³/mol. The molecule has 0 aliphatic carbocycles. The molecule has 0 radical (unpaired) electrons. The molecule has 0 aromatic carbocycles. The average Bonchev–Trinajstić information content (AvgIpc) is 2.35. The maximum atomic E-state index is 10.4. The fourth-order valence-corrected chi connectivity index (χ4v) is 1.08. The van der Waals surface area contributed by atoms with Crippen LogP contribution in [0, 0.1) is 0 Å². The molecule has 2 atom stereocenters. The number of azide groups is 1. The monoisotopic (exact) mass is 222 g/mol. The second-order valence-corrected chi connectivity index (χ2v) is 3.06. The quantitative estimate of drug-likeness (QED) is 0.328. The summed E-state index contributed by atoms with van der Waals surface area (Å²) in [4.78, 5) is 16.6. The lowest BCUT2D eigenvalue weighted by atomic mass is 10.1. The summed E-state index contributed by atoms with van der Waals surface area (Å²) in [6, 6.07) is 2.90. The van der Waals surface area contributed by atoms with Crippen LogP contribution in [0.5, 0.6) is 0 Å². The number of aliphatic hydroxyl groups is 2. The number of aromatic nitrogens is 1. The zero-order valence-corrected chi connectivity index (χ0v) is 8.26. The Morgan fingerprint density at radius 2 is 2.31 bits per heavy atom. The molecule has 0 saturated heterocycles. The zero-order chi connectivity index (χ0) is 12.0. The van der Waals surface area contributed by atoms with Gasteiger partial charge in [-0.2, -0.15) is 0 Å². The van der Waals surface area contributed by atoms with Gasteiger partial charge in [0.05, 0.1) is 18.3 Å². The number of rotatable bonds is 5. The van der Waals surface area contributed by atoms with E-state index < -0.39 is 12.2 Å². The lowest BCUT2D eigenvalue weighted by Crippen LogP contribution is -2.22. The number of carbonyl (C=O) groups excluding carboxylic acids is 1. The lowest BCUT2D eigenvalue weighted by molar-refractivity contribution is 0.0218. The molecule has 7 heteroatoms. The third kappa shape index (κ3) is 3.03. The third-order valence-corrected chi connectivity index (χ3v) is 1.94. The fraction of sp³-hybridized carbons (Fsp3) is 0.333. The van der Waals surface area contributed by atoms with Crippen LogP contribution in [-0.4, -0.2) is 34.1 Å². The number of pyridine rings is 1. The Balaban J connectivity index is 2.74. The van der Waals surface area contributed by atoms with E-state index in [1.54, 1.807) is 0 Å². The number of carbonyl (C=O) groups is 1. The van der Waals surface area contributed by atoms with E-state index in [1.807, 2.05) is 0 Å². The first-order chi connectivity index (χ1) is 7.69. The van der Waals surface area contributed by atoms with Gasteiger partial charge in [0, 0.05) is 16.7 Å². The van der Waals surface area contributed by atoms with E-state index in [4.69, 9.17) is 5.53 Å². The number of aldehydes is 1. The molecule has 2 N–H and O–H groups in total. The van der Waals surface area contributed by atoms with Crippen molar-refractivity contribution in [3.63, 3.8) is 0 Å². The summed E-state index contributed by atoms with van der Waals surface area (Å²) >= 11 is 0. The Bertz CT molecular complexity index is 400. The molecule has 1 rings (SSSR count). The van der Waals surface area contributed by atoms with Crippen molar-refractivity contribution in [2.75, 3.05) is 6.54 Å². The van der Waals surface area contributed by atoms with Gasteiger partial charge in [-0.05, 0) is 17.7 Å². The lowest BCUT2D eigenvalue weighted by Gasteiger charge is -2.14. The van der Waals surface area contributed by atoms with Crippen molar-refractivity contribution >= 4 is 6.29 Å². The molecule has 1 aromatic rings. The van der Waals surface area contributed by atoms with E-state index in [0.717, 1.165) is 0 Å². The Morgan fingerprint density at radius 3 is 2.81 bits per heavy atom. The molecule has 7 nitrogen and oxygen atoms in total. The molecular weight excluding hydrogens is 212 g/mol. The fourth-order valence-electron chi connectivity index (χ4n) is 1.08. The zero-order valence-electron chi connectivity index (χ0n) is 8.26. The van der Waals surface area contributed by atoms with Gasteiger partial charge in [-0.1, -0.05) is 5.11 Å². The van der Waals surface area contributed by atoms with Crippen molar-refractivity contribution in [3.8, 4) is 0 Å². The molecule has 84 valence electrons. The Morgan fingerprint density at radius 1 is 1.56 bits per heavy atom. The van der Waals surface area contributed by atoms with Gasteiger partial charge in [0.2, 0.25) is 0 Å². The van der Waals surface area contributed by atoms with E-state index in [0.29, 0.717) is 11.8 Å². The maximum absolute atomic E-state index is 10.4. The highest BCUT2D eigenvalue weighted by Crippen LogP contribution is 2.14. The van der Waals surface area contributed by atoms with Crippen LogP contribution in [0.15, 0.2) is 23.4 Å². The van der Waals surface area contributed by atoms with Gasteiger partial charge < -0.3 is 10.2 Å². The van der Waals surface area contributed by atoms with E-state index in [1.165, 1.54) is 18.3 Å². The summed E-state index contributed by atoms with van der Waals surface area (Å²) in [6.07, 6.45) is -0.553. The minimum absolute atomic E-state index is 0.214. The molecule has 0 aliphatic heterocycles. The highest BCUT2D eigenvalue weighted by molar-refractivity contribution is 5.73. The van der Waals surface area contributed by atoms with Gasteiger partial charge in [-0.25, -0.2) is 0 Å². The standard InChI is InChI=1S/C9H10N4O3/c10-13-12-4-8(15)9(16)7-2-1-6(5-14)3-11-7/h1-3,5,8-9,15-16H,4H2. The van der Waals surface area contributed by atoms with E-state index in [2.05, 4.69) is 15.0 Å². The summed E-state index contributed by atoms with van der Waals surface area (Å²) in [5.74, 6) is 0. The van der Waals surface area contributed by atoms with Crippen molar-refractivity contribution in [3.05, 3.63) is 40.0 Å². The maximum Gasteiger partial charge on any atom is 0.151 e. The van der Waals surface area contributed by atoms with E-state index >= 15 is 0 Å². The number of hydrogen-bond acceptors (Lipinski definition) is 5. The summed E-state index contributed by atoms with van der Waals surface area (Å²) in [6.45, 7) is -0.241. The Kier molecular flexibility index (Phi) is 4.41. The summed E-state index contributed by atoms with van der Waals surface area (Å²) in [5, 5.41) is 22.1. The SMILES string of the molecule is [N-]=[N+]=NCC(O)C(O)c1ccc(C=O)cn1. The molecule has 0 aliphatic rings. The summed E-state index contributed by atoms with van der Waals surface area (Å²) in [5.41, 5.74) is 8.64. The van der Waals surface area contributed by atoms with Crippen LogP contribution in [0.4, 0.5) is 0 Å². The van der Waals surface area contributed by atoms with Crippen LogP contribution in [0.3, 0.4) is 0 Å². The van der Waals surface area contributed by atoms with E-state index in [-0.39, 0.29) is 12.2 Å². The van der Waals surface area contributed by atoms with Gasteiger partial charge in [-0.3, -0.25) is 9.78 Å². The molecule has 2 unspecified atom stereocenters.